The topological polar surface area (TPSA) is 147 Å². The minimum absolute atomic E-state index is 0.0176. The number of carbonyl (C=O) groups excluding carboxylic acids is 1. The van der Waals surface area contributed by atoms with Crippen molar-refractivity contribution in [3.8, 4) is 5.88 Å². The molecule has 2 aromatic heterocycles. The molecule has 0 saturated carbocycles. The van der Waals surface area contributed by atoms with Gasteiger partial charge in [-0.2, -0.15) is 0 Å². The van der Waals surface area contributed by atoms with Crippen LogP contribution in [0.15, 0.2) is 59.5 Å². The number of nitrogens with zero attached hydrogens (tertiary/aromatic N) is 2. The van der Waals surface area contributed by atoms with Gasteiger partial charge in [0.25, 0.3) is 5.56 Å². The number of anilines is 1. The third kappa shape index (κ3) is 4.63. The van der Waals surface area contributed by atoms with Gasteiger partial charge in [0.2, 0.25) is 0 Å². The summed E-state index contributed by atoms with van der Waals surface area (Å²) in [5, 5.41) is 26.7. The molecule has 0 aliphatic heterocycles. The van der Waals surface area contributed by atoms with E-state index in [-0.39, 0.29) is 24.3 Å². The number of ether oxygens (including phenoxy) is 1. The van der Waals surface area contributed by atoms with Gasteiger partial charge < -0.3 is 29.8 Å². The van der Waals surface area contributed by atoms with Crippen molar-refractivity contribution in [2.45, 2.75) is 32.4 Å². The van der Waals surface area contributed by atoms with Gasteiger partial charge in [-0.05, 0) is 60.0 Å². The normalized spacial score (nSPS) is 12.2. The number of hydrogen-bond acceptors (Lipinski definition) is 7. The number of carbonyl (C=O) groups is 2. The Hall–Kier alpha value is -4.86. The summed E-state index contributed by atoms with van der Waals surface area (Å²) < 4.78 is 6.18. The number of benzene rings is 3. The molecule has 0 radical (unpaired) electrons. The van der Waals surface area contributed by atoms with Crippen molar-refractivity contribution in [1.29, 1.82) is 0 Å². The molecule has 5 aromatic rings. The number of rotatable bonds is 8. The summed E-state index contributed by atoms with van der Waals surface area (Å²) in [5.41, 5.74) is 2.21. The molecule has 5 rings (SSSR count). The SMILES string of the molecule is COC(=O)C(CCC(=O)O)n1cc2cc(NCc3ccc4ccc5nc(C)[nH]c(=O)c5c4c3)ccc2c1O. The fourth-order valence-electron chi connectivity index (χ4n) is 4.77. The number of H-pyrrole nitrogens is 1. The van der Waals surface area contributed by atoms with Crippen molar-refractivity contribution in [3.63, 3.8) is 0 Å². The number of fused-ring (bicyclic) bond motifs is 4. The summed E-state index contributed by atoms with van der Waals surface area (Å²) in [4.78, 5) is 43.2. The number of hydrogen-bond donors (Lipinski definition) is 4. The molecule has 0 spiro atoms. The van der Waals surface area contributed by atoms with E-state index in [0.29, 0.717) is 34.0 Å². The van der Waals surface area contributed by atoms with Crippen molar-refractivity contribution in [2.75, 3.05) is 12.4 Å². The maximum atomic E-state index is 12.7. The van der Waals surface area contributed by atoms with E-state index in [0.717, 1.165) is 22.0 Å². The minimum Gasteiger partial charge on any atom is -0.494 e. The van der Waals surface area contributed by atoms with Crippen molar-refractivity contribution in [1.82, 2.24) is 14.5 Å². The lowest BCUT2D eigenvalue weighted by Gasteiger charge is -2.16. The first-order chi connectivity index (χ1) is 18.2. The molecule has 0 aliphatic carbocycles. The third-order valence-corrected chi connectivity index (χ3v) is 6.63. The molecule has 10 heteroatoms. The Bertz CT molecular complexity index is 1770. The van der Waals surface area contributed by atoms with Gasteiger partial charge in [0.05, 0.1) is 18.0 Å². The largest absolute Gasteiger partial charge is 0.494 e. The zero-order valence-corrected chi connectivity index (χ0v) is 20.8. The lowest BCUT2D eigenvalue weighted by Crippen LogP contribution is -2.21. The van der Waals surface area contributed by atoms with Crippen LogP contribution in [0.25, 0.3) is 32.4 Å². The highest BCUT2D eigenvalue weighted by Crippen LogP contribution is 2.34. The lowest BCUT2D eigenvalue weighted by molar-refractivity contribution is -0.145. The van der Waals surface area contributed by atoms with E-state index in [9.17, 15) is 19.5 Å². The van der Waals surface area contributed by atoms with Crippen LogP contribution in [0.5, 0.6) is 5.88 Å². The van der Waals surface area contributed by atoms with Gasteiger partial charge in [0.1, 0.15) is 11.9 Å². The molecular formula is C28H26N4O6. The molecule has 1 atom stereocenters. The summed E-state index contributed by atoms with van der Waals surface area (Å²) in [6.07, 6.45) is 1.35. The Morgan fingerprint density at radius 2 is 1.89 bits per heavy atom. The van der Waals surface area contributed by atoms with Crippen LogP contribution < -0.4 is 10.9 Å². The number of aromatic amines is 1. The highest BCUT2D eigenvalue weighted by molar-refractivity contribution is 6.05. The quantitative estimate of drug-likeness (QED) is 0.178. The Balaban J connectivity index is 1.42. The van der Waals surface area contributed by atoms with Gasteiger partial charge in [-0.1, -0.05) is 18.2 Å². The molecule has 0 aliphatic rings. The van der Waals surface area contributed by atoms with Gasteiger partial charge in [-0.15, -0.1) is 0 Å². The first-order valence-electron chi connectivity index (χ1n) is 12.0. The van der Waals surface area contributed by atoms with Crippen LogP contribution >= 0.6 is 0 Å². The van der Waals surface area contributed by atoms with E-state index >= 15 is 0 Å². The summed E-state index contributed by atoms with van der Waals surface area (Å²) >= 11 is 0. The molecule has 0 amide bonds. The molecule has 38 heavy (non-hydrogen) atoms. The van der Waals surface area contributed by atoms with Gasteiger partial charge in [-0.25, -0.2) is 9.78 Å². The number of aryl methyl sites for hydroxylation is 1. The average Bonchev–Trinajstić information content (AvgIpc) is 3.21. The maximum Gasteiger partial charge on any atom is 0.328 e. The smallest absolute Gasteiger partial charge is 0.328 e. The number of carboxylic acid groups (broad SMARTS) is 1. The van der Waals surface area contributed by atoms with Gasteiger partial charge in [0, 0.05) is 35.6 Å². The zero-order valence-electron chi connectivity index (χ0n) is 20.8. The second-order valence-electron chi connectivity index (χ2n) is 9.15. The predicted molar refractivity (Wildman–Crippen MR) is 143 cm³/mol. The number of methoxy groups -OCH3 is 1. The van der Waals surface area contributed by atoms with Gasteiger partial charge in [0.15, 0.2) is 5.88 Å². The Labute approximate surface area is 216 Å². The van der Waals surface area contributed by atoms with E-state index in [2.05, 4.69) is 15.3 Å². The van der Waals surface area contributed by atoms with Gasteiger partial charge in [-0.3, -0.25) is 9.59 Å². The summed E-state index contributed by atoms with van der Waals surface area (Å²) in [6, 6.07) is 14.1. The molecule has 4 N–H and O–H groups in total. The highest BCUT2D eigenvalue weighted by Gasteiger charge is 2.25. The average molecular weight is 515 g/mol. The molecule has 3 aromatic carbocycles. The lowest BCUT2D eigenvalue weighted by atomic mass is 10.0. The highest BCUT2D eigenvalue weighted by atomic mass is 16.5. The van der Waals surface area contributed by atoms with E-state index in [1.54, 1.807) is 19.2 Å². The molecule has 10 nitrogen and oxygen atoms in total. The van der Waals surface area contributed by atoms with E-state index < -0.39 is 18.0 Å². The molecule has 0 saturated heterocycles. The Kier molecular flexibility index (Phi) is 6.46. The van der Waals surface area contributed by atoms with E-state index in [1.165, 1.54) is 11.7 Å². The maximum absolute atomic E-state index is 12.7. The number of aliphatic carboxylic acids is 1. The van der Waals surface area contributed by atoms with Crippen LogP contribution in [0, 0.1) is 6.92 Å². The minimum atomic E-state index is -1.04. The van der Waals surface area contributed by atoms with Crippen molar-refractivity contribution >= 4 is 50.1 Å². The second-order valence-corrected chi connectivity index (χ2v) is 9.15. The van der Waals surface area contributed by atoms with Crippen molar-refractivity contribution in [2.24, 2.45) is 0 Å². The van der Waals surface area contributed by atoms with E-state index in [4.69, 9.17) is 9.84 Å². The molecule has 0 fully saturated rings. The van der Waals surface area contributed by atoms with Gasteiger partial charge >= 0.3 is 11.9 Å². The van der Waals surface area contributed by atoms with Crippen LogP contribution in [0.1, 0.15) is 30.3 Å². The fourth-order valence-corrected chi connectivity index (χ4v) is 4.77. The van der Waals surface area contributed by atoms with Crippen LogP contribution in [-0.2, 0) is 20.9 Å². The molecule has 1 unspecified atom stereocenters. The standard InChI is InChI=1S/C28H26N4O6/c1-15-30-22-8-5-17-4-3-16(11-21(17)25(22)26(35)31-15)13-29-19-6-7-20-18(12-19)14-32(27(20)36)23(28(37)38-2)9-10-24(33)34/h3-8,11-12,14,23,29,36H,9-10,13H2,1-2H3,(H,33,34)(H,30,31,35). The second kappa shape index (κ2) is 9.89. The van der Waals surface area contributed by atoms with Crippen molar-refractivity contribution < 1.29 is 24.5 Å². The first kappa shape index (κ1) is 24.8. The number of nitrogens with one attached hydrogen (secondary N) is 2. The number of carboxylic acids is 1. The predicted octanol–water partition coefficient (Wildman–Crippen LogP) is 4.24. The van der Waals surface area contributed by atoms with Crippen LogP contribution in [0.3, 0.4) is 0 Å². The zero-order chi connectivity index (χ0) is 27.0. The Morgan fingerprint density at radius 1 is 1.11 bits per heavy atom. The molecule has 2 heterocycles. The number of aromatic hydroxyl groups is 1. The summed E-state index contributed by atoms with van der Waals surface area (Å²) in [7, 11) is 1.22. The monoisotopic (exact) mass is 514 g/mol. The fraction of sp³-hybridized carbons (Fsp3) is 0.214. The van der Waals surface area contributed by atoms with Crippen molar-refractivity contribution in [3.05, 3.63) is 76.5 Å². The Morgan fingerprint density at radius 3 is 2.66 bits per heavy atom. The third-order valence-electron chi connectivity index (χ3n) is 6.63. The first-order valence-corrected chi connectivity index (χ1v) is 12.0. The molecular weight excluding hydrogens is 488 g/mol. The summed E-state index contributed by atoms with van der Waals surface area (Å²) in [5.74, 6) is -1.25. The van der Waals surface area contributed by atoms with Crippen LogP contribution in [0.2, 0.25) is 0 Å². The van der Waals surface area contributed by atoms with E-state index in [1.807, 2.05) is 42.5 Å². The molecule has 0 bridgehead atoms. The summed E-state index contributed by atoms with van der Waals surface area (Å²) in [6.45, 7) is 2.23. The van der Waals surface area contributed by atoms with Crippen LogP contribution in [0.4, 0.5) is 5.69 Å². The molecule has 194 valence electrons. The van der Waals surface area contributed by atoms with Crippen LogP contribution in [-0.4, -0.2) is 43.8 Å². The number of esters is 1. The number of aromatic nitrogens is 3.